The molecule has 0 fully saturated rings. The van der Waals surface area contributed by atoms with Crippen LogP contribution >= 0.6 is 0 Å². The molecule has 0 N–H and O–H groups in total. The number of rotatable bonds is 23. The molecule has 0 saturated carbocycles. The van der Waals surface area contributed by atoms with Gasteiger partial charge in [0.15, 0.2) is 0 Å². The van der Waals surface area contributed by atoms with Gasteiger partial charge in [-0.15, -0.1) is 0 Å². The number of unbranched alkanes of at least 4 members (excludes halogenated alkanes) is 19. The van der Waals surface area contributed by atoms with Crippen LogP contribution < -0.4 is 0 Å². The van der Waals surface area contributed by atoms with Crippen molar-refractivity contribution in [2.24, 2.45) is 0 Å². The summed E-state index contributed by atoms with van der Waals surface area (Å²) in [5, 5.41) is 0. The fraction of sp³-hybridized carbons (Fsp3) is 0.759. The third kappa shape index (κ3) is 18.2. The van der Waals surface area contributed by atoms with E-state index in [-0.39, 0.29) is 0 Å². The molecule has 1 aromatic carbocycles. The lowest BCUT2D eigenvalue weighted by molar-refractivity contribution is -0.241. The first-order chi connectivity index (χ1) is 15.8. The lowest BCUT2D eigenvalue weighted by Gasteiger charge is -2.05. The Bertz CT molecular complexity index is 514. The second-order valence-electron chi connectivity index (χ2n) is 9.28. The molecule has 1 rings (SSSR count). The van der Waals surface area contributed by atoms with Gasteiger partial charge in [-0.1, -0.05) is 147 Å². The van der Waals surface area contributed by atoms with Gasteiger partial charge < -0.3 is 0 Å². The van der Waals surface area contributed by atoms with Crippen molar-refractivity contribution < 1.29 is 14.6 Å². The minimum absolute atomic E-state index is 0.418. The molecule has 0 radical (unpaired) electrons. The average molecular weight is 447 g/mol. The summed E-state index contributed by atoms with van der Waals surface area (Å²) in [5.41, 5.74) is 0.524. The number of carbonyl (C=O) groups is 1. The highest BCUT2D eigenvalue weighted by atomic mass is 17.2. The Kier molecular flexibility index (Phi) is 20.5. The second kappa shape index (κ2) is 22.8. The Hall–Kier alpha value is -1.35. The Morgan fingerprint density at radius 2 is 0.938 bits per heavy atom. The molecular formula is C29H50O3. The lowest BCUT2D eigenvalue weighted by Crippen LogP contribution is -2.06. The molecule has 184 valence electrons. The molecule has 0 amide bonds. The molecule has 0 unspecified atom stereocenters. The molecule has 1 aromatic rings. The van der Waals surface area contributed by atoms with Crippen molar-refractivity contribution in [2.45, 2.75) is 135 Å². The zero-order valence-electron chi connectivity index (χ0n) is 21.0. The van der Waals surface area contributed by atoms with Crippen LogP contribution in [0.2, 0.25) is 0 Å². The van der Waals surface area contributed by atoms with Crippen molar-refractivity contribution in [1.29, 1.82) is 0 Å². The van der Waals surface area contributed by atoms with Crippen molar-refractivity contribution in [3.63, 3.8) is 0 Å². The van der Waals surface area contributed by atoms with Crippen molar-refractivity contribution in [3.05, 3.63) is 35.9 Å². The molecular weight excluding hydrogens is 396 g/mol. The van der Waals surface area contributed by atoms with Crippen molar-refractivity contribution >= 4 is 5.97 Å². The number of benzene rings is 1. The quantitative estimate of drug-likeness (QED) is 0.0953. The third-order valence-electron chi connectivity index (χ3n) is 6.23. The molecule has 0 aliphatic heterocycles. The highest BCUT2D eigenvalue weighted by molar-refractivity contribution is 5.88. The van der Waals surface area contributed by atoms with E-state index in [1.54, 1.807) is 12.1 Å². The first kappa shape index (κ1) is 28.7. The number of hydrogen-bond donors (Lipinski definition) is 0. The highest BCUT2D eigenvalue weighted by Gasteiger charge is 2.06. The van der Waals surface area contributed by atoms with Gasteiger partial charge in [-0.25, -0.2) is 4.79 Å². The summed E-state index contributed by atoms with van der Waals surface area (Å²) in [4.78, 5) is 21.6. The van der Waals surface area contributed by atoms with Gasteiger partial charge in [0.2, 0.25) is 0 Å². The van der Waals surface area contributed by atoms with Gasteiger partial charge in [0.1, 0.15) is 0 Å². The van der Waals surface area contributed by atoms with Crippen LogP contribution in [0.5, 0.6) is 0 Å². The van der Waals surface area contributed by atoms with Gasteiger partial charge in [0.25, 0.3) is 0 Å². The maximum Gasteiger partial charge on any atom is 0.373 e. The van der Waals surface area contributed by atoms with Crippen molar-refractivity contribution in [2.75, 3.05) is 6.61 Å². The molecule has 32 heavy (non-hydrogen) atoms. The Morgan fingerprint density at radius 1 is 0.562 bits per heavy atom. The molecule has 0 saturated heterocycles. The Morgan fingerprint density at radius 3 is 1.34 bits per heavy atom. The van der Waals surface area contributed by atoms with Gasteiger partial charge in [-0.2, -0.15) is 4.89 Å². The van der Waals surface area contributed by atoms with E-state index < -0.39 is 5.97 Å². The second-order valence-corrected chi connectivity index (χ2v) is 9.28. The van der Waals surface area contributed by atoms with Crippen LogP contribution in [0.4, 0.5) is 0 Å². The van der Waals surface area contributed by atoms with Gasteiger partial charge >= 0.3 is 5.97 Å². The maximum atomic E-state index is 11.7. The molecule has 0 aliphatic rings. The van der Waals surface area contributed by atoms with E-state index in [1.165, 1.54) is 116 Å². The summed E-state index contributed by atoms with van der Waals surface area (Å²) < 4.78 is 0. The van der Waals surface area contributed by atoms with E-state index in [4.69, 9.17) is 9.78 Å². The average Bonchev–Trinajstić information content (AvgIpc) is 2.82. The predicted molar refractivity (Wildman–Crippen MR) is 136 cm³/mol. The minimum atomic E-state index is -0.418. The molecule has 0 bridgehead atoms. The number of carbonyl (C=O) groups excluding carboxylic acids is 1. The van der Waals surface area contributed by atoms with Gasteiger partial charge in [0.05, 0.1) is 12.2 Å². The molecule has 0 aromatic heterocycles. The highest BCUT2D eigenvalue weighted by Crippen LogP contribution is 2.15. The maximum absolute atomic E-state index is 11.7. The van der Waals surface area contributed by atoms with Crippen LogP contribution in [0, 0.1) is 0 Å². The van der Waals surface area contributed by atoms with Crippen LogP contribution in [-0.4, -0.2) is 12.6 Å². The molecule has 0 aliphatic carbocycles. The summed E-state index contributed by atoms with van der Waals surface area (Å²) in [7, 11) is 0. The van der Waals surface area contributed by atoms with E-state index in [0.29, 0.717) is 12.2 Å². The van der Waals surface area contributed by atoms with E-state index >= 15 is 0 Å². The Balaban J connectivity index is 1.70. The van der Waals surface area contributed by atoms with Gasteiger partial charge in [0, 0.05) is 0 Å². The first-order valence-corrected chi connectivity index (χ1v) is 13.7. The topological polar surface area (TPSA) is 35.5 Å². The zero-order valence-corrected chi connectivity index (χ0v) is 21.0. The van der Waals surface area contributed by atoms with Crippen molar-refractivity contribution in [3.8, 4) is 0 Å². The fourth-order valence-electron chi connectivity index (χ4n) is 4.13. The van der Waals surface area contributed by atoms with Crippen LogP contribution in [0.25, 0.3) is 0 Å². The lowest BCUT2D eigenvalue weighted by atomic mass is 10.0. The summed E-state index contributed by atoms with van der Waals surface area (Å²) in [6.07, 6.45) is 27.4. The predicted octanol–water partition coefficient (Wildman–Crippen LogP) is 9.60. The largest absolute Gasteiger partial charge is 0.373 e. The molecule has 3 nitrogen and oxygen atoms in total. The van der Waals surface area contributed by atoms with E-state index in [0.717, 1.165) is 12.8 Å². The molecule has 0 spiro atoms. The smallest absolute Gasteiger partial charge is 0.293 e. The van der Waals surface area contributed by atoms with E-state index in [2.05, 4.69) is 6.92 Å². The standard InChI is InChI=1S/C29H50O3/c1-2-3-4-5-6-7-8-9-10-11-12-13-14-15-16-17-18-19-20-24-27-31-32-29(30)28-25-22-21-23-26-28/h21-23,25-26H,2-20,24,27H2,1H3. The fourth-order valence-corrected chi connectivity index (χ4v) is 4.13. The first-order valence-electron chi connectivity index (χ1n) is 13.7. The summed E-state index contributed by atoms with van der Waals surface area (Å²) in [6.45, 7) is 2.77. The number of hydrogen-bond acceptors (Lipinski definition) is 3. The Labute approximate surface area is 198 Å². The molecule has 0 heterocycles. The van der Waals surface area contributed by atoms with Crippen molar-refractivity contribution in [1.82, 2.24) is 0 Å². The van der Waals surface area contributed by atoms with Crippen LogP contribution in [-0.2, 0) is 9.78 Å². The summed E-state index contributed by atoms with van der Waals surface area (Å²) in [5.74, 6) is -0.418. The summed E-state index contributed by atoms with van der Waals surface area (Å²) >= 11 is 0. The van der Waals surface area contributed by atoms with Crippen LogP contribution in [0.3, 0.4) is 0 Å². The zero-order chi connectivity index (χ0) is 23.0. The monoisotopic (exact) mass is 446 g/mol. The molecule has 3 heteroatoms. The van der Waals surface area contributed by atoms with Gasteiger partial charge in [-0.3, -0.25) is 4.89 Å². The van der Waals surface area contributed by atoms with Gasteiger partial charge in [-0.05, 0) is 18.6 Å². The SMILES string of the molecule is CCCCCCCCCCCCCCCCCCCCCCOOC(=O)c1ccccc1. The molecule has 0 atom stereocenters. The van der Waals surface area contributed by atoms with E-state index in [1.807, 2.05) is 18.2 Å². The van der Waals surface area contributed by atoms with Crippen LogP contribution in [0.15, 0.2) is 30.3 Å². The third-order valence-corrected chi connectivity index (χ3v) is 6.23. The van der Waals surface area contributed by atoms with Crippen LogP contribution in [0.1, 0.15) is 146 Å². The van der Waals surface area contributed by atoms with E-state index in [9.17, 15) is 4.79 Å². The summed E-state index contributed by atoms with van der Waals surface area (Å²) in [6, 6.07) is 8.95. The normalized spacial score (nSPS) is 11.0. The minimum Gasteiger partial charge on any atom is -0.293 e.